The van der Waals surface area contributed by atoms with Gasteiger partial charge >= 0.3 is 11.9 Å². The molecule has 1 amide bonds. The number of carbonyl (C=O) groups excluding carboxylic acids is 2. The summed E-state index contributed by atoms with van der Waals surface area (Å²) in [7, 11) is 3.14. The van der Waals surface area contributed by atoms with Gasteiger partial charge in [0, 0.05) is 20.0 Å². The van der Waals surface area contributed by atoms with Gasteiger partial charge in [0.15, 0.2) is 0 Å². The zero-order valence-corrected chi connectivity index (χ0v) is 21.5. The average Bonchev–Trinajstić information content (AvgIpc) is 2.85. The lowest BCUT2D eigenvalue weighted by molar-refractivity contribution is -0.158. The van der Waals surface area contributed by atoms with Crippen molar-refractivity contribution >= 4 is 17.8 Å². The van der Waals surface area contributed by atoms with E-state index in [1.54, 1.807) is 4.90 Å². The molecule has 0 aromatic heterocycles. The van der Waals surface area contributed by atoms with Gasteiger partial charge in [-0.1, -0.05) is 75.6 Å². The molecule has 0 bridgehead atoms. The molecule has 190 valence electrons. The number of ether oxygens (including phenoxy) is 1. The van der Waals surface area contributed by atoms with E-state index in [1.165, 1.54) is 13.5 Å². The molecule has 6 heteroatoms. The molecule has 0 fully saturated rings. The number of nitrogens with zero attached hydrogens (tertiary/aromatic N) is 1. The van der Waals surface area contributed by atoms with Crippen molar-refractivity contribution in [2.75, 3.05) is 14.2 Å². The quantitative estimate of drug-likeness (QED) is 0.269. The number of carbonyl (C=O) groups is 3. The molecular formula is C29H39NO5. The van der Waals surface area contributed by atoms with Crippen molar-refractivity contribution in [2.24, 2.45) is 5.41 Å². The monoisotopic (exact) mass is 481 g/mol. The van der Waals surface area contributed by atoms with Gasteiger partial charge in [-0.05, 0) is 47.6 Å². The maximum absolute atomic E-state index is 12.4. The largest absolute Gasteiger partial charge is 0.481 e. The zero-order chi connectivity index (χ0) is 25.8. The highest BCUT2D eigenvalue weighted by atomic mass is 16.5. The number of benzene rings is 2. The molecule has 0 aliphatic heterocycles. The van der Waals surface area contributed by atoms with E-state index >= 15 is 0 Å². The van der Waals surface area contributed by atoms with Crippen molar-refractivity contribution in [2.45, 2.75) is 71.8 Å². The minimum Gasteiger partial charge on any atom is -0.481 e. The molecule has 2 aromatic rings. The van der Waals surface area contributed by atoms with Crippen molar-refractivity contribution < 1.29 is 24.2 Å². The molecule has 0 saturated carbocycles. The van der Waals surface area contributed by atoms with Crippen LogP contribution in [0.4, 0.5) is 0 Å². The number of esters is 1. The summed E-state index contributed by atoms with van der Waals surface area (Å²) in [5.41, 5.74) is 2.91. The van der Waals surface area contributed by atoms with Crippen molar-refractivity contribution in [1.82, 2.24) is 4.90 Å². The fourth-order valence-electron chi connectivity index (χ4n) is 4.42. The lowest BCUT2D eigenvalue weighted by atomic mass is 9.76. The van der Waals surface area contributed by atoms with Crippen molar-refractivity contribution in [3.63, 3.8) is 0 Å². The van der Waals surface area contributed by atoms with Gasteiger partial charge in [0.1, 0.15) is 0 Å². The summed E-state index contributed by atoms with van der Waals surface area (Å²) in [4.78, 5) is 38.1. The predicted octanol–water partition coefficient (Wildman–Crippen LogP) is 5.87. The van der Waals surface area contributed by atoms with Crippen LogP contribution in [0.3, 0.4) is 0 Å². The van der Waals surface area contributed by atoms with Crippen molar-refractivity contribution in [3.8, 4) is 11.1 Å². The molecule has 0 heterocycles. The standard InChI is InChI=1S/C29H39NO5/c1-5-7-8-9-13-26(31)30(3)21-23-11-10-12-25(18-23)24-16-14-22(15-17-24)19-29(6-2,20-27(32)33)28(34)35-4/h10-12,14-18H,5-9,13,19-21H2,1-4H3,(H,32,33). The molecule has 0 saturated heterocycles. The molecule has 0 spiro atoms. The Morgan fingerprint density at radius 2 is 1.66 bits per heavy atom. The van der Waals surface area contributed by atoms with Crippen molar-refractivity contribution in [3.05, 3.63) is 59.7 Å². The van der Waals surface area contributed by atoms with E-state index in [9.17, 15) is 19.5 Å². The van der Waals surface area contributed by atoms with E-state index in [2.05, 4.69) is 13.0 Å². The van der Waals surface area contributed by atoms with Gasteiger partial charge in [0.05, 0.1) is 18.9 Å². The van der Waals surface area contributed by atoms with E-state index in [1.807, 2.05) is 56.4 Å². The first kappa shape index (κ1) is 28.1. The Morgan fingerprint density at radius 3 is 2.26 bits per heavy atom. The Balaban J connectivity index is 2.11. The molecule has 2 rings (SSSR count). The number of methoxy groups -OCH3 is 1. The van der Waals surface area contributed by atoms with E-state index in [0.717, 1.165) is 41.5 Å². The van der Waals surface area contributed by atoms with E-state index in [-0.39, 0.29) is 12.3 Å². The smallest absolute Gasteiger partial charge is 0.312 e. The highest BCUT2D eigenvalue weighted by Gasteiger charge is 2.40. The Bertz CT molecular complexity index is 985. The van der Waals surface area contributed by atoms with Gasteiger partial charge in [0.2, 0.25) is 5.91 Å². The van der Waals surface area contributed by atoms with Gasteiger partial charge in [-0.25, -0.2) is 0 Å². The second-order valence-electron chi connectivity index (χ2n) is 9.33. The average molecular weight is 482 g/mol. The molecule has 1 atom stereocenters. The van der Waals surface area contributed by atoms with Crippen molar-refractivity contribution in [1.29, 1.82) is 0 Å². The summed E-state index contributed by atoms with van der Waals surface area (Å²) in [5, 5.41) is 9.35. The molecular weight excluding hydrogens is 442 g/mol. The van der Waals surface area contributed by atoms with Crippen LogP contribution in [0.5, 0.6) is 0 Å². The first-order chi connectivity index (χ1) is 16.7. The maximum Gasteiger partial charge on any atom is 0.312 e. The molecule has 2 aromatic carbocycles. The molecule has 0 aliphatic carbocycles. The third kappa shape index (κ3) is 8.23. The highest BCUT2D eigenvalue weighted by molar-refractivity contribution is 5.83. The van der Waals surface area contributed by atoms with Crippen LogP contribution in [-0.4, -0.2) is 42.0 Å². The minimum atomic E-state index is -1.09. The Kier molecular flexibility index (Phi) is 11.0. The number of amides is 1. The molecule has 1 N–H and O–H groups in total. The molecule has 0 radical (unpaired) electrons. The summed E-state index contributed by atoms with van der Waals surface area (Å²) < 4.78 is 4.94. The fraction of sp³-hybridized carbons (Fsp3) is 0.483. The number of unbranched alkanes of at least 4 members (excludes halogenated alkanes) is 3. The second-order valence-corrected chi connectivity index (χ2v) is 9.33. The van der Waals surface area contributed by atoms with Gasteiger partial charge in [-0.15, -0.1) is 0 Å². The van der Waals surface area contributed by atoms with Gasteiger partial charge in [-0.3, -0.25) is 14.4 Å². The van der Waals surface area contributed by atoms with Crippen LogP contribution < -0.4 is 0 Å². The number of rotatable bonds is 14. The number of carboxylic acid groups (broad SMARTS) is 1. The molecule has 0 aliphatic rings. The predicted molar refractivity (Wildman–Crippen MR) is 138 cm³/mol. The van der Waals surface area contributed by atoms with Gasteiger partial charge in [0.25, 0.3) is 0 Å². The second kappa shape index (κ2) is 13.7. The van der Waals surface area contributed by atoms with Crippen LogP contribution in [-0.2, 0) is 32.1 Å². The van der Waals surface area contributed by atoms with Crippen LogP contribution in [0.25, 0.3) is 11.1 Å². The Labute approximate surface area is 209 Å². The molecule has 35 heavy (non-hydrogen) atoms. The number of hydrogen-bond acceptors (Lipinski definition) is 4. The van der Waals surface area contributed by atoms with Crippen LogP contribution >= 0.6 is 0 Å². The first-order valence-corrected chi connectivity index (χ1v) is 12.5. The lowest BCUT2D eigenvalue weighted by Crippen LogP contribution is -2.36. The lowest BCUT2D eigenvalue weighted by Gasteiger charge is -2.28. The third-order valence-electron chi connectivity index (χ3n) is 6.63. The summed E-state index contributed by atoms with van der Waals surface area (Å²) in [6, 6.07) is 16.0. The zero-order valence-electron chi connectivity index (χ0n) is 21.5. The highest BCUT2D eigenvalue weighted by Crippen LogP contribution is 2.33. The Hall–Kier alpha value is -3.15. The maximum atomic E-state index is 12.4. The van der Waals surface area contributed by atoms with Crippen LogP contribution in [0, 0.1) is 5.41 Å². The topological polar surface area (TPSA) is 83.9 Å². The summed E-state index contributed by atoms with van der Waals surface area (Å²) >= 11 is 0. The van der Waals surface area contributed by atoms with Crippen LogP contribution in [0.2, 0.25) is 0 Å². The SMILES string of the molecule is CCCCCCC(=O)N(C)Cc1cccc(-c2ccc(CC(CC)(CC(=O)O)C(=O)OC)cc2)c1. The first-order valence-electron chi connectivity index (χ1n) is 12.5. The summed E-state index contributed by atoms with van der Waals surface area (Å²) in [6.45, 7) is 4.53. The summed E-state index contributed by atoms with van der Waals surface area (Å²) in [6.07, 6.45) is 5.34. The number of carboxylic acids is 1. The number of aliphatic carboxylic acids is 1. The number of hydrogen-bond donors (Lipinski definition) is 1. The van der Waals surface area contributed by atoms with E-state index in [0.29, 0.717) is 25.8 Å². The van der Waals surface area contributed by atoms with Crippen LogP contribution in [0.1, 0.15) is 69.9 Å². The van der Waals surface area contributed by atoms with E-state index in [4.69, 9.17) is 4.74 Å². The molecule has 1 unspecified atom stereocenters. The van der Waals surface area contributed by atoms with Gasteiger partial charge < -0.3 is 14.7 Å². The third-order valence-corrected chi connectivity index (χ3v) is 6.63. The molecule has 6 nitrogen and oxygen atoms in total. The minimum absolute atomic E-state index is 0.169. The van der Waals surface area contributed by atoms with E-state index < -0.39 is 17.4 Å². The fourth-order valence-corrected chi connectivity index (χ4v) is 4.42. The van der Waals surface area contributed by atoms with Gasteiger partial charge in [-0.2, -0.15) is 0 Å². The Morgan fingerprint density at radius 1 is 0.943 bits per heavy atom. The summed E-state index contributed by atoms with van der Waals surface area (Å²) in [5.74, 6) is -1.35. The normalized spacial score (nSPS) is 12.6. The van der Waals surface area contributed by atoms with Crippen LogP contribution in [0.15, 0.2) is 48.5 Å².